The Hall–Kier alpha value is -1.63. The van der Waals surface area contributed by atoms with Crippen molar-refractivity contribution in [3.8, 4) is 0 Å². The van der Waals surface area contributed by atoms with Gasteiger partial charge in [-0.1, -0.05) is 29.8 Å². The van der Waals surface area contributed by atoms with E-state index in [-0.39, 0.29) is 11.8 Å². The summed E-state index contributed by atoms with van der Waals surface area (Å²) in [5.74, 6) is 0.315. The maximum atomic E-state index is 12.3. The van der Waals surface area contributed by atoms with Crippen molar-refractivity contribution in [1.82, 2.24) is 20.0 Å². The third-order valence-corrected chi connectivity index (χ3v) is 5.96. The summed E-state index contributed by atoms with van der Waals surface area (Å²) in [6.07, 6.45) is 3.79. The minimum atomic E-state index is 0.0465. The van der Waals surface area contributed by atoms with E-state index < -0.39 is 0 Å². The SMILES string of the molecule is O=C(CCN1CCCN(CC(=O)N2CCCC2)CC1)NCc1ccccc1Cl. The molecule has 0 saturated carbocycles. The molecule has 2 aliphatic rings. The second-order valence-corrected chi connectivity index (χ2v) is 8.08. The number of rotatable bonds is 7. The highest BCUT2D eigenvalue weighted by Crippen LogP contribution is 2.14. The summed E-state index contributed by atoms with van der Waals surface area (Å²) in [5.41, 5.74) is 0.936. The van der Waals surface area contributed by atoms with E-state index in [0.29, 0.717) is 24.5 Å². The lowest BCUT2D eigenvalue weighted by Crippen LogP contribution is -2.40. The number of likely N-dealkylation sites (tertiary alicyclic amines) is 1. The summed E-state index contributed by atoms with van der Waals surface area (Å²) < 4.78 is 0. The fourth-order valence-electron chi connectivity index (χ4n) is 3.85. The van der Waals surface area contributed by atoms with Gasteiger partial charge in [-0.2, -0.15) is 0 Å². The molecule has 0 bridgehead atoms. The molecule has 0 unspecified atom stereocenters. The van der Waals surface area contributed by atoms with Crippen molar-refractivity contribution in [3.63, 3.8) is 0 Å². The Balaban J connectivity index is 1.34. The molecule has 28 heavy (non-hydrogen) atoms. The molecule has 1 aromatic carbocycles. The van der Waals surface area contributed by atoms with Crippen molar-refractivity contribution in [2.24, 2.45) is 0 Å². The lowest BCUT2D eigenvalue weighted by Gasteiger charge is -2.23. The molecule has 0 radical (unpaired) electrons. The van der Waals surface area contributed by atoms with Gasteiger partial charge in [-0.15, -0.1) is 0 Å². The number of carbonyl (C=O) groups excluding carboxylic acids is 2. The smallest absolute Gasteiger partial charge is 0.236 e. The molecule has 154 valence electrons. The minimum absolute atomic E-state index is 0.0465. The number of halogens is 1. The van der Waals surface area contributed by atoms with Crippen LogP contribution in [-0.2, 0) is 16.1 Å². The maximum absolute atomic E-state index is 12.3. The van der Waals surface area contributed by atoms with E-state index in [0.717, 1.165) is 70.6 Å². The lowest BCUT2D eigenvalue weighted by atomic mass is 10.2. The van der Waals surface area contributed by atoms with Gasteiger partial charge in [0, 0.05) is 50.7 Å². The number of carbonyl (C=O) groups is 2. The maximum Gasteiger partial charge on any atom is 0.236 e. The second kappa shape index (κ2) is 10.8. The molecule has 0 spiro atoms. The molecular formula is C21H31ClN4O2. The average molecular weight is 407 g/mol. The first-order chi connectivity index (χ1) is 13.6. The predicted octanol–water partition coefficient (Wildman–Crippen LogP) is 1.98. The van der Waals surface area contributed by atoms with Gasteiger partial charge in [0.25, 0.3) is 0 Å². The first-order valence-electron chi connectivity index (χ1n) is 10.3. The average Bonchev–Trinajstić information content (AvgIpc) is 3.15. The zero-order chi connectivity index (χ0) is 19.8. The highest BCUT2D eigenvalue weighted by Gasteiger charge is 2.22. The zero-order valence-electron chi connectivity index (χ0n) is 16.5. The highest BCUT2D eigenvalue weighted by molar-refractivity contribution is 6.31. The number of nitrogens with one attached hydrogen (secondary N) is 1. The van der Waals surface area contributed by atoms with Crippen LogP contribution in [0.1, 0.15) is 31.2 Å². The Labute approximate surface area is 172 Å². The molecule has 2 amide bonds. The van der Waals surface area contributed by atoms with Crippen molar-refractivity contribution >= 4 is 23.4 Å². The summed E-state index contributed by atoms with van der Waals surface area (Å²) in [4.78, 5) is 31.1. The van der Waals surface area contributed by atoms with Gasteiger partial charge < -0.3 is 15.1 Å². The predicted molar refractivity (Wildman–Crippen MR) is 111 cm³/mol. The molecule has 2 fully saturated rings. The van der Waals surface area contributed by atoms with Gasteiger partial charge >= 0.3 is 0 Å². The van der Waals surface area contributed by atoms with Crippen LogP contribution in [0.5, 0.6) is 0 Å². The van der Waals surface area contributed by atoms with Crippen LogP contribution in [0, 0.1) is 0 Å². The standard InChI is InChI=1S/C21H31ClN4O2/c22-19-7-2-1-6-18(19)16-23-20(27)8-13-24-9-5-10-25(15-14-24)17-21(28)26-11-3-4-12-26/h1-2,6-7H,3-5,8-17H2,(H,23,27). The van der Waals surface area contributed by atoms with Crippen molar-refractivity contribution in [2.75, 3.05) is 52.4 Å². The normalized spacial score (nSPS) is 18.8. The fourth-order valence-corrected chi connectivity index (χ4v) is 4.05. The molecule has 6 nitrogen and oxygen atoms in total. The van der Waals surface area contributed by atoms with Gasteiger partial charge in [0.1, 0.15) is 0 Å². The van der Waals surface area contributed by atoms with Crippen molar-refractivity contribution in [2.45, 2.75) is 32.2 Å². The first-order valence-corrected chi connectivity index (χ1v) is 10.7. The summed E-state index contributed by atoms with van der Waals surface area (Å²) in [6.45, 7) is 7.32. The Morgan fingerprint density at radius 3 is 2.43 bits per heavy atom. The van der Waals surface area contributed by atoms with Gasteiger partial charge in [0.2, 0.25) is 11.8 Å². The van der Waals surface area contributed by atoms with Gasteiger partial charge in [-0.25, -0.2) is 0 Å². The number of nitrogens with zero attached hydrogens (tertiary/aromatic N) is 3. The molecular weight excluding hydrogens is 376 g/mol. The second-order valence-electron chi connectivity index (χ2n) is 7.68. The van der Waals surface area contributed by atoms with Gasteiger partial charge in [0.15, 0.2) is 0 Å². The van der Waals surface area contributed by atoms with Crippen LogP contribution in [0.25, 0.3) is 0 Å². The third kappa shape index (κ3) is 6.47. The monoisotopic (exact) mass is 406 g/mol. The molecule has 7 heteroatoms. The topological polar surface area (TPSA) is 55.9 Å². The van der Waals surface area contributed by atoms with Gasteiger partial charge in [0.05, 0.1) is 6.54 Å². The minimum Gasteiger partial charge on any atom is -0.352 e. The number of hydrogen-bond acceptors (Lipinski definition) is 4. The molecule has 1 N–H and O–H groups in total. The van der Waals surface area contributed by atoms with E-state index in [1.54, 1.807) is 0 Å². The molecule has 3 rings (SSSR count). The van der Waals surface area contributed by atoms with Crippen LogP contribution in [0.15, 0.2) is 24.3 Å². The molecule has 2 aliphatic heterocycles. The number of benzene rings is 1. The van der Waals surface area contributed by atoms with Crippen molar-refractivity contribution in [1.29, 1.82) is 0 Å². The number of amides is 2. The van der Waals surface area contributed by atoms with E-state index in [9.17, 15) is 9.59 Å². The van der Waals surface area contributed by atoms with Crippen LogP contribution >= 0.6 is 11.6 Å². The molecule has 0 aromatic heterocycles. The van der Waals surface area contributed by atoms with E-state index in [1.807, 2.05) is 29.2 Å². The van der Waals surface area contributed by atoms with E-state index in [2.05, 4.69) is 15.1 Å². The summed E-state index contributed by atoms with van der Waals surface area (Å²) in [5, 5.41) is 3.63. The molecule has 0 aliphatic carbocycles. The van der Waals surface area contributed by atoms with E-state index in [4.69, 9.17) is 11.6 Å². The Bertz CT molecular complexity index is 664. The van der Waals surface area contributed by atoms with Gasteiger partial charge in [-0.3, -0.25) is 14.5 Å². The molecule has 0 atom stereocenters. The zero-order valence-corrected chi connectivity index (χ0v) is 17.3. The molecule has 2 heterocycles. The van der Waals surface area contributed by atoms with Crippen molar-refractivity contribution in [3.05, 3.63) is 34.9 Å². The summed E-state index contributed by atoms with van der Waals surface area (Å²) >= 11 is 6.12. The van der Waals surface area contributed by atoms with E-state index in [1.165, 1.54) is 0 Å². The van der Waals surface area contributed by atoms with Crippen LogP contribution in [0.3, 0.4) is 0 Å². The first kappa shape index (κ1) is 21.1. The van der Waals surface area contributed by atoms with E-state index >= 15 is 0 Å². The molecule has 2 saturated heterocycles. The Morgan fingerprint density at radius 1 is 0.929 bits per heavy atom. The number of hydrogen-bond donors (Lipinski definition) is 1. The van der Waals surface area contributed by atoms with Crippen LogP contribution in [0.2, 0.25) is 5.02 Å². The summed E-state index contributed by atoms with van der Waals surface area (Å²) in [6, 6.07) is 7.57. The summed E-state index contributed by atoms with van der Waals surface area (Å²) in [7, 11) is 0. The quantitative estimate of drug-likeness (QED) is 0.752. The lowest BCUT2D eigenvalue weighted by molar-refractivity contribution is -0.131. The molecule has 1 aromatic rings. The fraction of sp³-hybridized carbons (Fsp3) is 0.619. The Morgan fingerprint density at radius 2 is 1.64 bits per heavy atom. The van der Waals surface area contributed by atoms with Crippen LogP contribution in [0.4, 0.5) is 0 Å². The van der Waals surface area contributed by atoms with Crippen LogP contribution in [-0.4, -0.2) is 78.9 Å². The highest BCUT2D eigenvalue weighted by atomic mass is 35.5. The van der Waals surface area contributed by atoms with Gasteiger partial charge in [-0.05, 0) is 44.0 Å². The van der Waals surface area contributed by atoms with Crippen LogP contribution < -0.4 is 5.32 Å². The third-order valence-electron chi connectivity index (χ3n) is 5.59. The Kier molecular flexibility index (Phi) is 8.13. The van der Waals surface area contributed by atoms with Crippen molar-refractivity contribution < 1.29 is 9.59 Å². The largest absolute Gasteiger partial charge is 0.352 e.